The van der Waals surface area contributed by atoms with Crippen LogP contribution in [0.2, 0.25) is 0 Å². The number of rotatable bonds is 2. The number of hydrogen-bond acceptors (Lipinski definition) is 3. The van der Waals surface area contributed by atoms with Gasteiger partial charge >= 0.3 is 0 Å². The van der Waals surface area contributed by atoms with Crippen LogP contribution < -0.4 is 5.32 Å². The van der Waals surface area contributed by atoms with E-state index in [4.69, 9.17) is 0 Å². The van der Waals surface area contributed by atoms with Gasteiger partial charge in [0.05, 0.1) is 6.20 Å². The summed E-state index contributed by atoms with van der Waals surface area (Å²) in [6.07, 6.45) is 1.52. The van der Waals surface area contributed by atoms with Crippen LogP contribution in [0.1, 0.15) is 15.9 Å². The normalized spacial score (nSPS) is 10.3. The van der Waals surface area contributed by atoms with Gasteiger partial charge < -0.3 is 5.32 Å². The average Bonchev–Trinajstić information content (AvgIpc) is 2.36. The molecule has 1 N–H and O–H groups in total. The van der Waals surface area contributed by atoms with E-state index in [-0.39, 0.29) is 5.91 Å². The maximum Gasteiger partial charge on any atom is 0.256 e. The van der Waals surface area contributed by atoms with Crippen molar-refractivity contribution in [1.82, 2.24) is 9.97 Å². The van der Waals surface area contributed by atoms with Crippen LogP contribution in [0.15, 0.2) is 38.1 Å². The number of carbonyl (C=O) groups is 1. The van der Waals surface area contributed by atoms with Gasteiger partial charge in [-0.1, -0.05) is 15.9 Å². The van der Waals surface area contributed by atoms with Gasteiger partial charge in [0.25, 0.3) is 5.91 Å². The number of hydrogen-bond donors (Lipinski definition) is 1. The fourth-order valence-corrected chi connectivity index (χ4v) is 2.55. The molecule has 0 unspecified atom stereocenters. The highest BCUT2D eigenvalue weighted by molar-refractivity contribution is 9.11. The minimum absolute atomic E-state index is 0.229. The van der Waals surface area contributed by atoms with Gasteiger partial charge in [-0.25, -0.2) is 9.97 Å². The van der Waals surface area contributed by atoms with Gasteiger partial charge in [0, 0.05) is 10.0 Å². The van der Waals surface area contributed by atoms with Gasteiger partial charge in [0.2, 0.25) is 0 Å². The molecule has 0 aliphatic heterocycles. The summed E-state index contributed by atoms with van der Waals surface area (Å²) in [4.78, 5) is 20.3. The van der Waals surface area contributed by atoms with Crippen LogP contribution in [0, 0.1) is 6.92 Å². The molecule has 19 heavy (non-hydrogen) atoms. The summed E-state index contributed by atoms with van der Waals surface area (Å²) < 4.78 is 2.04. The van der Waals surface area contributed by atoms with Gasteiger partial charge in [-0.15, -0.1) is 0 Å². The van der Waals surface area contributed by atoms with E-state index in [0.29, 0.717) is 20.6 Å². The summed E-state index contributed by atoms with van der Waals surface area (Å²) in [5.74, 6) is 0.154. The Balaban J connectivity index is 2.23. The van der Waals surface area contributed by atoms with Crippen molar-refractivity contribution in [2.24, 2.45) is 0 Å². The molecule has 1 aromatic carbocycles. The molecule has 0 aliphatic carbocycles. The summed E-state index contributed by atoms with van der Waals surface area (Å²) in [6.45, 7) is 1.93. The molecule has 0 fully saturated rings. The molecule has 2 rings (SSSR count). The second-order valence-electron chi connectivity index (χ2n) is 3.75. The van der Waals surface area contributed by atoms with E-state index < -0.39 is 0 Å². The van der Waals surface area contributed by atoms with Crippen molar-refractivity contribution in [3.05, 3.63) is 49.2 Å². The highest BCUT2D eigenvalue weighted by atomic mass is 79.9. The first-order valence-corrected chi connectivity index (χ1v) is 7.61. The van der Waals surface area contributed by atoms with E-state index in [2.05, 4.69) is 63.1 Å². The number of nitrogens with zero attached hydrogens (tertiary/aromatic N) is 2. The number of carbonyl (C=O) groups excluding carboxylic acids is 1. The Morgan fingerprint density at radius 2 is 2.00 bits per heavy atom. The smallest absolute Gasteiger partial charge is 0.256 e. The number of benzene rings is 1. The summed E-state index contributed by atoms with van der Waals surface area (Å²) >= 11 is 9.85. The first-order valence-electron chi connectivity index (χ1n) is 5.23. The number of amides is 1. The summed E-state index contributed by atoms with van der Waals surface area (Å²) in [5.41, 5.74) is 1.56. The van der Waals surface area contributed by atoms with Crippen LogP contribution in [0.5, 0.6) is 0 Å². The Labute approximate surface area is 135 Å². The zero-order chi connectivity index (χ0) is 14.0. The Kier molecular flexibility index (Phi) is 4.70. The topological polar surface area (TPSA) is 54.9 Å². The molecule has 7 heteroatoms. The van der Waals surface area contributed by atoms with E-state index in [0.717, 1.165) is 10.0 Å². The second kappa shape index (κ2) is 6.11. The third kappa shape index (κ3) is 3.61. The van der Waals surface area contributed by atoms with Gasteiger partial charge in [0.1, 0.15) is 9.21 Å². The number of anilines is 1. The number of halogens is 3. The zero-order valence-corrected chi connectivity index (χ0v) is 14.5. The molecule has 0 saturated carbocycles. The van der Waals surface area contributed by atoms with Crippen LogP contribution in [-0.4, -0.2) is 15.9 Å². The van der Waals surface area contributed by atoms with Gasteiger partial charge in [-0.3, -0.25) is 4.79 Å². The number of aryl methyl sites for hydroxylation is 1. The molecule has 1 aromatic heterocycles. The van der Waals surface area contributed by atoms with Crippen molar-refractivity contribution >= 4 is 59.5 Å². The van der Waals surface area contributed by atoms with Crippen molar-refractivity contribution in [2.45, 2.75) is 6.92 Å². The fraction of sp³-hybridized carbons (Fsp3) is 0.0833. The lowest BCUT2D eigenvalue weighted by molar-refractivity contribution is 0.102. The van der Waals surface area contributed by atoms with Crippen LogP contribution in [-0.2, 0) is 0 Å². The van der Waals surface area contributed by atoms with E-state index >= 15 is 0 Å². The minimum Gasteiger partial charge on any atom is -0.304 e. The van der Waals surface area contributed by atoms with Crippen LogP contribution in [0.25, 0.3) is 0 Å². The zero-order valence-electron chi connectivity index (χ0n) is 9.75. The Morgan fingerprint density at radius 3 is 2.63 bits per heavy atom. The van der Waals surface area contributed by atoms with Crippen LogP contribution >= 0.6 is 47.8 Å². The summed E-state index contributed by atoms with van der Waals surface area (Å²) in [6, 6.07) is 5.39. The Bertz CT molecular complexity index is 646. The highest BCUT2D eigenvalue weighted by Crippen LogP contribution is 2.21. The van der Waals surface area contributed by atoms with E-state index in [1.54, 1.807) is 12.1 Å². The molecule has 4 nitrogen and oxygen atoms in total. The third-order valence-corrected chi connectivity index (χ3v) is 4.18. The van der Waals surface area contributed by atoms with Gasteiger partial charge in [-0.2, -0.15) is 0 Å². The van der Waals surface area contributed by atoms with Gasteiger partial charge in [0.15, 0.2) is 5.82 Å². The second-order valence-corrected chi connectivity index (χ2v) is 6.17. The van der Waals surface area contributed by atoms with Crippen molar-refractivity contribution in [2.75, 3.05) is 5.32 Å². The lowest BCUT2D eigenvalue weighted by atomic mass is 10.1. The monoisotopic (exact) mass is 447 g/mol. The van der Waals surface area contributed by atoms with Crippen molar-refractivity contribution < 1.29 is 4.79 Å². The third-order valence-electron chi connectivity index (χ3n) is 2.35. The molecule has 0 aliphatic rings. The average molecular weight is 450 g/mol. The molecular weight excluding hydrogens is 442 g/mol. The van der Waals surface area contributed by atoms with Crippen molar-refractivity contribution in [3.63, 3.8) is 0 Å². The van der Waals surface area contributed by atoms with Gasteiger partial charge in [-0.05, 0) is 62.5 Å². The molecule has 1 heterocycles. The maximum absolute atomic E-state index is 12.1. The predicted octanol–water partition coefficient (Wildman–Crippen LogP) is 4.32. The highest BCUT2D eigenvalue weighted by Gasteiger charge is 2.11. The van der Waals surface area contributed by atoms with Crippen LogP contribution in [0.4, 0.5) is 5.82 Å². The molecular formula is C12H8Br3N3O. The molecule has 0 spiro atoms. The number of nitrogens with one attached hydrogen (secondary N) is 1. The van der Waals surface area contributed by atoms with E-state index in [1.165, 1.54) is 6.20 Å². The molecule has 0 atom stereocenters. The molecule has 0 radical (unpaired) electrons. The molecule has 1 amide bonds. The lowest BCUT2D eigenvalue weighted by Crippen LogP contribution is -2.14. The van der Waals surface area contributed by atoms with Crippen LogP contribution in [0.3, 0.4) is 0 Å². The maximum atomic E-state index is 12.1. The lowest BCUT2D eigenvalue weighted by Gasteiger charge is -2.07. The molecule has 0 saturated heterocycles. The number of aromatic nitrogens is 2. The Morgan fingerprint density at radius 1 is 1.26 bits per heavy atom. The predicted molar refractivity (Wildman–Crippen MR) is 84.3 cm³/mol. The first kappa shape index (κ1) is 14.6. The molecule has 2 aromatic rings. The van der Waals surface area contributed by atoms with E-state index in [9.17, 15) is 4.79 Å². The quantitative estimate of drug-likeness (QED) is 0.742. The molecule has 0 bridgehead atoms. The minimum atomic E-state index is -0.229. The van der Waals surface area contributed by atoms with Crippen molar-refractivity contribution in [1.29, 1.82) is 0 Å². The molecule has 98 valence electrons. The summed E-state index contributed by atoms with van der Waals surface area (Å²) in [5, 5.41) is 2.70. The fourth-order valence-electron chi connectivity index (χ4n) is 1.40. The Hall–Kier alpha value is -0.790. The van der Waals surface area contributed by atoms with E-state index in [1.807, 2.05) is 13.0 Å². The first-order chi connectivity index (χ1) is 8.97. The largest absolute Gasteiger partial charge is 0.304 e. The van der Waals surface area contributed by atoms with Crippen molar-refractivity contribution in [3.8, 4) is 0 Å². The SMILES string of the molecule is Cc1cc(C(=O)Nc2ncc(Br)nc2Br)ccc1Br. The standard InChI is InChI=1S/C12H8Br3N3O/c1-6-4-7(2-3-8(6)13)12(19)18-11-10(15)17-9(14)5-16-11/h2-5H,1H3,(H,16,18,19). The summed E-state index contributed by atoms with van der Waals surface area (Å²) in [7, 11) is 0.